The fraction of sp³-hybridized carbons (Fsp3) is 0.500. The van der Waals surface area contributed by atoms with E-state index in [2.05, 4.69) is 0 Å². The molecule has 21 heavy (non-hydrogen) atoms. The minimum absolute atomic E-state index is 0.0692. The standard InChI is InChI=1S/C14H17F3N2O2/c1-10-3-2-4-11(12(10)20)13(21)19-7-5-18(6-8-19)9-14(15,16)17/h2-4,20H,5-9H2,1H3. The summed E-state index contributed by atoms with van der Waals surface area (Å²) in [7, 11) is 0. The average molecular weight is 302 g/mol. The number of nitrogens with zero attached hydrogens (tertiary/aromatic N) is 2. The van der Waals surface area contributed by atoms with Gasteiger partial charge in [0.2, 0.25) is 0 Å². The summed E-state index contributed by atoms with van der Waals surface area (Å²) in [5.74, 6) is -0.414. The Hall–Kier alpha value is -1.76. The first-order chi connectivity index (χ1) is 9.78. The Morgan fingerprint density at radius 3 is 2.43 bits per heavy atom. The van der Waals surface area contributed by atoms with Crippen LogP contribution in [0.3, 0.4) is 0 Å². The van der Waals surface area contributed by atoms with Gasteiger partial charge in [0.25, 0.3) is 5.91 Å². The van der Waals surface area contributed by atoms with E-state index < -0.39 is 12.7 Å². The highest BCUT2D eigenvalue weighted by atomic mass is 19.4. The van der Waals surface area contributed by atoms with E-state index in [0.29, 0.717) is 5.56 Å². The Morgan fingerprint density at radius 1 is 1.24 bits per heavy atom. The Labute approximate surface area is 120 Å². The number of hydrogen-bond acceptors (Lipinski definition) is 3. The molecule has 116 valence electrons. The summed E-state index contributed by atoms with van der Waals surface area (Å²) in [4.78, 5) is 15.0. The Balaban J connectivity index is 1.99. The topological polar surface area (TPSA) is 43.8 Å². The van der Waals surface area contributed by atoms with E-state index in [1.54, 1.807) is 19.1 Å². The van der Waals surface area contributed by atoms with Gasteiger partial charge in [-0.25, -0.2) is 0 Å². The van der Waals surface area contributed by atoms with Crippen LogP contribution >= 0.6 is 0 Å². The number of alkyl halides is 3. The van der Waals surface area contributed by atoms with E-state index in [4.69, 9.17) is 0 Å². The number of phenols is 1. The van der Waals surface area contributed by atoms with Crippen molar-refractivity contribution in [3.8, 4) is 5.75 Å². The first kappa shape index (κ1) is 15.6. The predicted octanol–water partition coefficient (Wildman–Crippen LogP) is 2.02. The van der Waals surface area contributed by atoms with Crippen molar-refractivity contribution in [2.24, 2.45) is 0 Å². The molecular formula is C14H17F3N2O2. The van der Waals surface area contributed by atoms with Gasteiger partial charge in [0.1, 0.15) is 5.75 Å². The van der Waals surface area contributed by atoms with E-state index in [9.17, 15) is 23.1 Å². The monoisotopic (exact) mass is 302 g/mol. The minimum atomic E-state index is -4.22. The van der Waals surface area contributed by atoms with Crippen molar-refractivity contribution in [3.63, 3.8) is 0 Å². The summed E-state index contributed by atoms with van der Waals surface area (Å²) < 4.78 is 36.9. The van der Waals surface area contributed by atoms with E-state index in [1.165, 1.54) is 15.9 Å². The van der Waals surface area contributed by atoms with Crippen molar-refractivity contribution in [2.45, 2.75) is 13.1 Å². The smallest absolute Gasteiger partial charge is 0.401 e. The molecule has 1 saturated heterocycles. The highest BCUT2D eigenvalue weighted by Gasteiger charge is 2.33. The maximum absolute atomic E-state index is 12.3. The first-order valence-electron chi connectivity index (χ1n) is 6.65. The predicted molar refractivity (Wildman–Crippen MR) is 71.2 cm³/mol. The maximum Gasteiger partial charge on any atom is 0.401 e. The molecule has 4 nitrogen and oxygen atoms in total. The number of aromatic hydroxyl groups is 1. The second-order valence-corrected chi connectivity index (χ2v) is 5.15. The molecule has 1 fully saturated rings. The quantitative estimate of drug-likeness (QED) is 0.909. The molecule has 0 aromatic heterocycles. The Morgan fingerprint density at radius 2 is 1.86 bits per heavy atom. The van der Waals surface area contributed by atoms with E-state index in [0.717, 1.165) is 0 Å². The third-order valence-electron chi connectivity index (χ3n) is 3.53. The first-order valence-corrected chi connectivity index (χ1v) is 6.65. The van der Waals surface area contributed by atoms with Crippen LogP contribution in [-0.4, -0.2) is 59.7 Å². The van der Waals surface area contributed by atoms with Crippen LogP contribution in [0.25, 0.3) is 0 Å². The third kappa shape index (κ3) is 3.87. The summed E-state index contributed by atoms with van der Waals surface area (Å²) in [5.41, 5.74) is 0.788. The van der Waals surface area contributed by atoms with Gasteiger partial charge >= 0.3 is 6.18 Å². The maximum atomic E-state index is 12.3. The zero-order valence-corrected chi connectivity index (χ0v) is 11.7. The molecule has 7 heteroatoms. The number of para-hydroxylation sites is 1. The van der Waals surface area contributed by atoms with Gasteiger partial charge in [-0.15, -0.1) is 0 Å². The molecule has 1 aromatic rings. The van der Waals surface area contributed by atoms with Crippen LogP contribution < -0.4 is 0 Å². The van der Waals surface area contributed by atoms with E-state index in [1.807, 2.05) is 0 Å². The Bertz CT molecular complexity index is 523. The average Bonchev–Trinajstić information content (AvgIpc) is 2.40. The van der Waals surface area contributed by atoms with Gasteiger partial charge in [-0.1, -0.05) is 12.1 Å². The summed E-state index contributed by atoms with van der Waals surface area (Å²) in [5, 5.41) is 9.90. The molecule has 1 aromatic carbocycles. The molecule has 0 saturated carbocycles. The number of rotatable bonds is 2. The number of halogens is 3. The molecule has 0 spiro atoms. The highest BCUT2D eigenvalue weighted by Crippen LogP contribution is 2.24. The van der Waals surface area contributed by atoms with Crippen LogP contribution in [0.1, 0.15) is 15.9 Å². The number of piperazine rings is 1. The summed E-state index contributed by atoms with van der Waals surface area (Å²) in [6.45, 7) is 1.54. The zero-order chi connectivity index (χ0) is 15.6. The van der Waals surface area contributed by atoms with Crippen molar-refractivity contribution in [3.05, 3.63) is 29.3 Å². The van der Waals surface area contributed by atoms with Crippen LogP contribution in [0.5, 0.6) is 5.75 Å². The number of carbonyl (C=O) groups excluding carboxylic acids is 1. The zero-order valence-electron chi connectivity index (χ0n) is 11.7. The van der Waals surface area contributed by atoms with Gasteiger partial charge in [0.05, 0.1) is 12.1 Å². The summed E-state index contributed by atoms with van der Waals surface area (Å²) in [6, 6.07) is 4.88. The molecule has 1 amide bonds. The molecule has 1 heterocycles. The molecule has 2 rings (SSSR count). The Kier molecular flexibility index (Phi) is 4.41. The number of phenolic OH excluding ortho intramolecular Hbond substituents is 1. The van der Waals surface area contributed by atoms with Crippen LogP contribution in [-0.2, 0) is 0 Å². The molecule has 0 atom stereocenters. The fourth-order valence-electron chi connectivity index (χ4n) is 2.36. The minimum Gasteiger partial charge on any atom is -0.507 e. The molecule has 1 aliphatic heterocycles. The van der Waals surface area contributed by atoms with E-state index in [-0.39, 0.29) is 43.4 Å². The lowest BCUT2D eigenvalue weighted by Gasteiger charge is -2.35. The summed E-state index contributed by atoms with van der Waals surface area (Å²) in [6.07, 6.45) is -4.22. The molecule has 1 N–H and O–H groups in total. The van der Waals surface area contributed by atoms with Crippen LogP contribution in [0.15, 0.2) is 18.2 Å². The molecule has 0 aliphatic carbocycles. The number of hydrogen-bond donors (Lipinski definition) is 1. The second-order valence-electron chi connectivity index (χ2n) is 5.15. The van der Waals surface area contributed by atoms with Crippen LogP contribution in [0.4, 0.5) is 13.2 Å². The fourth-order valence-corrected chi connectivity index (χ4v) is 2.36. The third-order valence-corrected chi connectivity index (χ3v) is 3.53. The van der Waals surface area contributed by atoms with Crippen molar-refractivity contribution in [1.82, 2.24) is 9.80 Å². The molecule has 0 bridgehead atoms. The van der Waals surface area contributed by atoms with Gasteiger partial charge in [-0.3, -0.25) is 9.69 Å². The van der Waals surface area contributed by atoms with Crippen molar-refractivity contribution < 1.29 is 23.1 Å². The molecule has 0 radical (unpaired) electrons. The SMILES string of the molecule is Cc1cccc(C(=O)N2CCN(CC(F)(F)F)CC2)c1O. The van der Waals surface area contributed by atoms with Crippen LogP contribution in [0.2, 0.25) is 0 Å². The molecule has 0 unspecified atom stereocenters. The molecule has 1 aliphatic rings. The lowest BCUT2D eigenvalue weighted by Crippen LogP contribution is -2.50. The van der Waals surface area contributed by atoms with Gasteiger partial charge in [0, 0.05) is 26.2 Å². The number of carbonyl (C=O) groups is 1. The van der Waals surface area contributed by atoms with Crippen LogP contribution in [0, 0.1) is 6.92 Å². The van der Waals surface area contributed by atoms with Gasteiger partial charge in [0.15, 0.2) is 0 Å². The van der Waals surface area contributed by atoms with Gasteiger partial charge < -0.3 is 10.0 Å². The number of aryl methyl sites for hydroxylation is 1. The number of amides is 1. The molecular weight excluding hydrogens is 285 g/mol. The second kappa shape index (κ2) is 5.93. The van der Waals surface area contributed by atoms with E-state index >= 15 is 0 Å². The van der Waals surface area contributed by atoms with Crippen molar-refractivity contribution >= 4 is 5.91 Å². The number of benzene rings is 1. The largest absolute Gasteiger partial charge is 0.507 e. The van der Waals surface area contributed by atoms with Gasteiger partial charge in [-0.05, 0) is 18.6 Å². The summed E-state index contributed by atoms with van der Waals surface area (Å²) >= 11 is 0. The normalized spacial score (nSPS) is 17.0. The lowest BCUT2D eigenvalue weighted by molar-refractivity contribution is -0.148. The lowest BCUT2D eigenvalue weighted by atomic mass is 10.1. The van der Waals surface area contributed by atoms with Gasteiger partial charge in [-0.2, -0.15) is 13.2 Å². The highest BCUT2D eigenvalue weighted by molar-refractivity contribution is 5.97. The van der Waals surface area contributed by atoms with Crippen molar-refractivity contribution in [2.75, 3.05) is 32.7 Å². The van der Waals surface area contributed by atoms with Crippen molar-refractivity contribution in [1.29, 1.82) is 0 Å².